The second-order valence-corrected chi connectivity index (χ2v) is 7.14. The van der Waals surface area contributed by atoms with Crippen LogP contribution in [0.25, 0.3) is 11.0 Å². The third-order valence-corrected chi connectivity index (χ3v) is 5.14. The molecular weight excluding hydrogens is 354 g/mol. The van der Waals surface area contributed by atoms with Gasteiger partial charge in [-0.3, -0.25) is 4.79 Å². The number of carbonyl (C=O) groups excluding carboxylic acids is 1. The minimum Gasteiger partial charge on any atom is -0.494 e. The number of imidazole rings is 1. The molecule has 0 bridgehead atoms. The van der Waals surface area contributed by atoms with E-state index in [1.165, 1.54) is 0 Å². The summed E-state index contributed by atoms with van der Waals surface area (Å²) in [5.41, 5.74) is 2.58. The summed E-state index contributed by atoms with van der Waals surface area (Å²) < 4.78 is 13.5. The Kier molecular flexibility index (Phi) is 5.30. The van der Waals surface area contributed by atoms with Crippen LogP contribution in [-0.4, -0.2) is 52.8 Å². The van der Waals surface area contributed by atoms with Gasteiger partial charge in [-0.15, -0.1) is 0 Å². The molecule has 6 nitrogen and oxygen atoms in total. The van der Waals surface area contributed by atoms with E-state index in [0.29, 0.717) is 31.9 Å². The van der Waals surface area contributed by atoms with Crippen molar-refractivity contribution >= 4 is 16.9 Å². The number of aryl methyl sites for hydroxylation is 2. The molecule has 28 heavy (non-hydrogen) atoms. The summed E-state index contributed by atoms with van der Waals surface area (Å²) in [5, 5.41) is 0. The van der Waals surface area contributed by atoms with Crippen molar-refractivity contribution in [1.82, 2.24) is 14.5 Å². The minimum atomic E-state index is 0.0393. The maximum atomic E-state index is 12.7. The Morgan fingerprint density at radius 3 is 2.71 bits per heavy atom. The van der Waals surface area contributed by atoms with E-state index in [9.17, 15) is 4.79 Å². The quantitative estimate of drug-likeness (QED) is 0.592. The summed E-state index contributed by atoms with van der Waals surface area (Å²) in [6, 6.07) is 15.5. The van der Waals surface area contributed by atoms with E-state index in [1.807, 2.05) is 72.0 Å². The highest BCUT2D eigenvalue weighted by Gasteiger charge is 2.31. The lowest BCUT2D eigenvalue weighted by Gasteiger charge is -2.39. The predicted octanol–water partition coefficient (Wildman–Crippen LogP) is 3.19. The van der Waals surface area contributed by atoms with Crippen LogP contribution in [0.5, 0.6) is 5.75 Å². The van der Waals surface area contributed by atoms with Crippen LogP contribution in [0.4, 0.5) is 0 Å². The molecule has 1 fully saturated rings. The summed E-state index contributed by atoms with van der Waals surface area (Å²) in [6.45, 7) is 4.50. The molecule has 1 aromatic heterocycles. The Bertz CT molecular complexity index is 962. The van der Waals surface area contributed by atoms with Crippen LogP contribution in [0.15, 0.2) is 48.5 Å². The van der Waals surface area contributed by atoms with E-state index in [-0.39, 0.29) is 12.0 Å². The van der Waals surface area contributed by atoms with Crippen LogP contribution in [0.2, 0.25) is 0 Å². The first kappa shape index (κ1) is 18.5. The van der Waals surface area contributed by atoms with Crippen molar-refractivity contribution in [2.75, 3.05) is 26.3 Å². The van der Waals surface area contributed by atoms with Gasteiger partial charge in [-0.25, -0.2) is 4.98 Å². The molecule has 0 N–H and O–H groups in total. The normalized spacial score (nSPS) is 14.3. The van der Waals surface area contributed by atoms with Crippen LogP contribution in [0.3, 0.4) is 0 Å². The van der Waals surface area contributed by atoms with Gasteiger partial charge in [0, 0.05) is 32.1 Å². The highest BCUT2D eigenvalue weighted by molar-refractivity contribution is 5.97. The molecule has 6 heteroatoms. The van der Waals surface area contributed by atoms with Crippen molar-refractivity contribution < 1.29 is 14.3 Å². The lowest BCUT2D eigenvalue weighted by molar-refractivity contribution is -0.0449. The Hall–Kier alpha value is -2.86. The molecule has 2 aromatic carbocycles. The number of fused-ring (bicyclic) bond motifs is 1. The first-order chi connectivity index (χ1) is 13.6. The van der Waals surface area contributed by atoms with Gasteiger partial charge in [-0.2, -0.15) is 0 Å². The molecule has 1 amide bonds. The number of hydrogen-bond acceptors (Lipinski definition) is 4. The van der Waals surface area contributed by atoms with Gasteiger partial charge in [0.25, 0.3) is 5.91 Å². The van der Waals surface area contributed by atoms with Crippen LogP contribution in [-0.2, 0) is 11.8 Å². The summed E-state index contributed by atoms with van der Waals surface area (Å²) >= 11 is 0. The molecule has 1 aliphatic rings. The van der Waals surface area contributed by atoms with E-state index in [1.54, 1.807) is 0 Å². The maximum absolute atomic E-state index is 12.7. The molecule has 0 unspecified atom stereocenters. The van der Waals surface area contributed by atoms with Gasteiger partial charge in [0.2, 0.25) is 0 Å². The molecular formula is C22H25N3O3. The van der Waals surface area contributed by atoms with E-state index in [2.05, 4.69) is 4.98 Å². The lowest BCUT2D eigenvalue weighted by atomic mass is 10.1. The van der Waals surface area contributed by atoms with Crippen molar-refractivity contribution in [3.05, 3.63) is 59.9 Å². The first-order valence-corrected chi connectivity index (χ1v) is 9.63. The average Bonchev–Trinajstić information content (AvgIpc) is 2.96. The van der Waals surface area contributed by atoms with Gasteiger partial charge >= 0.3 is 0 Å². The van der Waals surface area contributed by atoms with Gasteiger partial charge < -0.3 is 18.9 Å². The number of ether oxygens (including phenoxy) is 2. The van der Waals surface area contributed by atoms with E-state index in [4.69, 9.17) is 9.47 Å². The summed E-state index contributed by atoms with van der Waals surface area (Å²) in [5.74, 6) is 1.86. The summed E-state index contributed by atoms with van der Waals surface area (Å²) in [6.07, 6.45) is 0.941. The number of rotatable bonds is 7. The smallest absolute Gasteiger partial charge is 0.254 e. The number of hydrogen-bond donors (Lipinski definition) is 0. The standard InChI is InChI=1S/C22H25N3O3/c1-16-23-20-13-17(9-10-21(20)24(16)2)22(26)25-14-19(15-25)28-12-6-11-27-18-7-4-3-5-8-18/h3-5,7-10,13,19H,6,11-12,14-15H2,1-2H3. The van der Waals surface area contributed by atoms with Crippen molar-refractivity contribution in [3.8, 4) is 5.75 Å². The number of carbonyl (C=O) groups is 1. The van der Waals surface area contributed by atoms with Crippen LogP contribution < -0.4 is 4.74 Å². The number of amides is 1. The zero-order valence-electron chi connectivity index (χ0n) is 16.3. The molecule has 1 saturated heterocycles. The maximum Gasteiger partial charge on any atom is 0.254 e. The number of likely N-dealkylation sites (tertiary alicyclic amines) is 1. The monoisotopic (exact) mass is 379 g/mol. The van der Waals surface area contributed by atoms with E-state index < -0.39 is 0 Å². The largest absolute Gasteiger partial charge is 0.494 e. The number of nitrogens with zero attached hydrogens (tertiary/aromatic N) is 3. The number of para-hydroxylation sites is 1. The molecule has 0 spiro atoms. The Morgan fingerprint density at radius 2 is 1.93 bits per heavy atom. The zero-order valence-corrected chi connectivity index (χ0v) is 16.3. The van der Waals surface area contributed by atoms with Crippen molar-refractivity contribution in [3.63, 3.8) is 0 Å². The highest BCUT2D eigenvalue weighted by Crippen LogP contribution is 2.20. The second-order valence-electron chi connectivity index (χ2n) is 7.14. The Labute approximate surface area is 164 Å². The Morgan fingerprint density at radius 1 is 1.14 bits per heavy atom. The van der Waals surface area contributed by atoms with Gasteiger partial charge in [0.15, 0.2) is 0 Å². The molecule has 0 atom stereocenters. The van der Waals surface area contributed by atoms with Crippen LogP contribution >= 0.6 is 0 Å². The van der Waals surface area contributed by atoms with Gasteiger partial charge in [-0.1, -0.05) is 18.2 Å². The Balaban J connectivity index is 1.20. The average molecular weight is 379 g/mol. The zero-order chi connectivity index (χ0) is 19.5. The lowest BCUT2D eigenvalue weighted by Crippen LogP contribution is -2.54. The van der Waals surface area contributed by atoms with Crippen molar-refractivity contribution in [2.45, 2.75) is 19.4 Å². The molecule has 1 aliphatic heterocycles. The van der Waals surface area contributed by atoms with Crippen molar-refractivity contribution in [1.29, 1.82) is 0 Å². The SMILES string of the molecule is Cc1nc2cc(C(=O)N3CC(OCCCOc4ccccc4)C3)ccc2n1C. The fourth-order valence-corrected chi connectivity index (χ4v) is 3.36. The third-order valence-electron chi connectivity index (χ3n) is 5.14. The number of benzene rings is 2. The van der Waals surface area contributed by atoms with Crippen LogP contribution in [0.1, 0.15) is 22.6 Å². The van der Waals surface area contributed by atoms with Crippen LogP contribution in [0, 0.1) is 6.92 Å². The minimum absolute atomic E-state index is 0.0393. The molecule has 0 radical (unpaired) electrons. The molecule has 4 rings (SSSR count). The predicted molar refractivity (Wildman–Crippen MR) is 108 cm³/mol. The summed E-state index contributed by atoms with van der Waals surface area (Å²) in [4.78, 5) is 19.0. The second kappa shape index (κ2) is 8.02. The number of aromatic nitrogens is 2. The van der Waals surface area contributed by atoms with Gasteiger partial charge in [-0.05, 0) is 37.3 Å². The van der Waals surface area contributed by atoms with E-state index in [0.717, 1.165) is 29.0 Å². The fourth-order valence-electron chi connectivity index (χ4n) is 3.36. The topological polar surface area (TPSA) is 56.6 Å². The molecule has 0 aliphatic carbocycles. The third kappa shape index (κ3) is 3.87. The van der Waals surface area contributed by atoms with E-state index >= 15 is 0 Å². The first-order valence-electron chi connectivity index (χ1n) is 9.63. The molecule has 0 saturated carbocycles. The summed E-state index contributed by atoms with van der Waals surface area (Å²) in [7, 11) is 1.98. The van der Waals surface area contributed by atoms with Gasteiger partial charge in [0.1, 0.15) is 11.6 Å². The molecule has 146 valence electrons. The van der Waals surface area contributed by atoms with Gasteiger partial charge in [0.05, 0.1) is 30.4 Å². The molecule has 3 aromatic rings. The molecule has 2 heterocycles. The highest BCUT2D eigenvalue weighted by atomic mass is 16.5. The fraction of sp³-hybridized carbons (Fsp3) is 0.364. The van der Waals surface area contributed by atoms with Crippen molar-refractivity contribution in [2.24, 2.45) is 7.05 Å².